The molecular weight excluding hydrogens is 650 g/mol. The molecule has 2 aromatic heterocycles. The fraction of sp³-hybridized carbons (Fsp3) is 0.400. The van der Waals surface area contributed by atoms with Gasteiger partial charge < -0.3 is 45.6 Å². The molecule has 3 aliphatic heterocycles. The number of carboxylic acids is 2. The van der Waals surface area contributed by atoms with Gasteiger partial charge in [0.2, 0.25) is 23.6 Å². The number of carboxylic acid groups (broad SMARTS) is 2. The van der Waals surface area contributed by atoms with Crippen molar-refractivity contribution in [2.75, 3.05) is 57.9 Å². The van der Waals surface area contributed by atoms with E-state index in [1.165, 1.54) is 11.8 Å². The van der Waals surface area contributed by atoms with Crippen molar-refractivity contribution in [3.8, 4) is 5.75 Å². The molecule has 2 fully saturated rings. The molecule has 21 heteroatoms. The Kier molecular flexibility index (Phi) is 8.99. The number of aromatic amines is 1. The molecular formula is C25H28N9O10S2+. The molecule has 0 spiro atoms. The lowest BCUT2D eigenvalue weighted by molar-refractivity contribution is -0.908. The largest absolute Gasteiger partial charge is 0.503 e. The van der Waals surface area contributed by atoms with E-state index in [4.69, 9.17) is 10.8 Å². The van der Waals surface area contributed by atoms with Gasteiger partial charge >= 0.3 is 11.9 Å². The Balaban J connectivity index is 1.26. The Morgan fingerprint density at radius 2 is 1.96 bits per heavy atom. The number of nitrogens with zero attached hydrogens (tertiary/aromatic N) is 6. The van der Waals surface area contributed by atoms with Crippen molar-refractivity contribution in [2.24, 2.45) is 5.16 Å². The van der Waals surface area contributed by atoms with Crippen molar-refractivity contribution in [1.29, 1.82) is 0 Å². The van der Waals surface area contributed by atoms with Crippen LogP contribution in [0, 0.1) is 0 Å². The molecule has 0 aliphatic carbocycles. The number of β-lactam (4-membered cyclic amide) rings is 1. The monoisotopic (exact) mass is 678 g/mol. The molecule has 7 N–H and O–H groups in total. The minimum absolute atomic E-state index is 0.00397. The molecule has 46 heavy (non-hydrogen) atoms. The molecule has 2 saturated heterocycles. The van der Waals surface area contributed by atoms with Crippen LogP contribution in [0.25, 0.3) is 0 Å². The molecule has 5 heterocycles. The summed E-state index contributed by atoms with van der Waals surface area (Å²) >= 11 is 2.02. The minimum Gasteiger partial charge on any atom is -0.503 e. The minimum atomic E-state index is -1.35. The summed E-state index contributed by atoms with van der Waals surface area (Å²) in [6, 6.07) is -0.0912. The van der Waals surface area contributed by atoms with E-state index in [-0.39, 0.29) is 34.6 Å². The number of nitrogen functional groups attached to an aromatic ring is 1. The summed E-state index contributed by atoms with van der Waals surface area (Å²) in [6.07, 6.45) is 1.05. The summed E-state index contributed by atoms with van der Waals surface area (Å²) in [7, 11) is 1.92. The highest BCUT2D eigenvalue weighted by atomic mass is 32.2. The van der Waals surface area contributed by atoms with Gasteiger partial charge in [-0.3, -0.25) is 24.1 Å². The van der Waals surface area contributed by atoms with Crippen molar-refractivity contribution >= 4 is 63.8 Å². The number of anilines is 1. The van der Waals surface area contributed by atoms with Gasteiger partial charge in [-0.2, -0.15) is 9.36 Å². The van der Waals surface area contributed by atoms with Gasteiger partial charge in [0.15, 0.2) is 10.9 Å². The maximum Gasteiger partial charge on any atom is 0.352 e. The maximum atomic E-state index is 13.2. The van der Waals surface area contributed by atoms with Gasteiger partial charge in [-0.15, -0.1) is 11.8 Å². The third-order valence-corrected chi connectivity index (χ3v) is 9.43. The molecule has 0 saturated carbocycles. The van der Waals surface area contributed by atoms with Gasteiger partial charge in [0.05, 0.1) is 33.2 Å². The number of hydrogen-bond donors (Lipinski definition) is 6. The van der Waals surface area contributed by atoms with E-state index in [2.05, 4.69) is 29.7 Å². The molecule has 2 aromatic rings. The first-order valence-electron chi connectivity index (χ1n) is 13.5. The third kappa shape index (κ3) is 6.50. The summed E-state index contributed by atoms with van der Waals surface area (Å²) in [4.78, 5) is 88.0. The SMILES string of the molecule is C[N+]1(CC2=C(C(=O)O)N3C(=O)C(NC(=O)C(=NOCC(=O)O)c4nsc(N)n4)[C@@H]3SC2)CCN(C(=O)c2cc(=O)c(O)c[nH]2)CC1. The van der Waals surface area contributed by atoms with Crippen LogP contribution < -0.4 is 16.5 Å². The Morgan fingerprint density at radius 1 is 1.24 bits per heavy atom. The van der Waals surface area contributed by atoms with Crippen molar-refractivity contribution < 1.29 is 48.6 Å². The second-order valence-electron chi connectivity index (χ2n) is 10.8. The van der Waals surface area contributed by atoms with Gasteiger partial charge in [-0.1, -0.05) is 5.16 Å². The van der Waals surface area contributed by atoms with E-state index in [1.54, 1.807) is 4.90 Å². The van der Waals surface area contributed by atoms with E-state index in [1.807, 2.05) is 7.05 Å². The van der Waals surface area contributed by atoms with Crippen LogP contribution >= 0.6 is 23.3 Å². The number of quaternary nitrogens is 1. The van der Waals surface area contributed by atoms with E-state index in [0.717, 1.165) is 28.7 Å². The number of nitrogens with two attached hydrogens (primary N) is 1. The Hall–Kier alpha value is -5.02. The van der Waals surface area contributed by atoms with Crippen molar-refractivity contribution in [2.45, 2.75) is 11.4 Å². The molecule has 0 bridgehead atoms. The number of carbonyl (C=O) groups excluding carboxylic acids is 3. The molecule has 3 aliphatic rings. The second-order valence-corrected chi connectivity index (χ2v) is 12.7. The summed E-state index contributed by atoms with van der Waals surface area (Å²) in [6.45, 7) is 0.999. The van der Waals surface area contributed by atoms with Crippen LogP contribution in [0.15, 0.2) is 33.5 Å². The zero-order chi connectivity index (χ0) is 33.3. The van der Waals surface area contributed by atoms with Gasteiger partial charge in [0.25, 0.3) is 17.7 Å². The summed E-state index contributed by atoms with van der Waals surface area (Å²) < 4.78 is 4.27. The summed E-state index contributed by atoms with van der Waals surface area (Å²) in [5, 5.41) is 33.7. The van der Waals surface area contributed by atoms with Crippen molar-refractivity contribution in [1.82, 2.24) is 29.5 Å². The smallest absolute Gasteiger partial charge is 0.352 e. The number of thioether (sulfide) groups is 1. The zero-order valence-corrected chi connectivity index (χ0v) is 25.7. The van der Waals surface area contributed by atoms with Gasteiger partial charge in [-0.05, 0) is 0 Å². The third-order valence-electron chi connectivity index (χ3n) is 7.55. The van der Waals surface area contributed by atoms with Crippen LogP contribution in [-0.4, -0.2) is 143 Å². The number of H-pyrrole nitrogens is 1. The second kappa shape index (κ2) is 12.8. The van der Waals surface area contributed by atoms with E-state index >= 15 is 0 Å². The van der Waals surface area contributed by atoms with Crippen LogP contribution in [0.3, 0.4) is 0 Å². The first-order chi connectivity index (χ1) is 21.8. The number of fused-ring (bicyclic) bond motifs is 1. The quantitative estimate of drug-likeness (QED) is 0.0666. The first-order valence-corrected chi connectivity index (χ1v) is 15.4. The summed E-state index contributed by atoms with van der Waals surface area (Å²) in [5.41, 5.74) is 4.78. The lowest BCUT2D eigenvalue weighted by Crippen LogP contribution is -2.71. The standard InChI is InChI=1S/C25H27N9O10S2/c1-34(4-2-32(3-5-34)21(40)12-6-13(35)14(36)7-27-12)8-11-10-45-23-17(22(41)33(23)18(11)24(42)43)28-20(39)16(30-44-9-15(37)38)19-29-25(26)46-31-19/h6-7,17,23H,2-5,8-10H2,1H3,(H6-,26,27,28,29,30,31,35,36,37,38,39,40,42,43)/p+1/t17?,23-/m0/s1. The molecule has 2 atom stereocenters. The van der Waals surface area contributed by atoms with E-state index in [0.29, 0.717) is 36.2 Å². The Bertz CT molecular complexity index is 1730. The zero-order valence-electron chi connectivity index (χ0n) is 24.0. The number of carbonyl (C=O) groups is 5. The number of aromatic nitrogens is 3. The number of amides is 3. The van der Waals surface area contributed by atoms with Crippen LogP contribution in [-0.2, 0) is 24.0 Å². The lowest BCUT2D eigenvalue weighted by Gasteiger charge is -2.50. The van der Waals surface area contributed by atoms with Crippen LogP contribution in [0.5, 0.6) is 5.75 Å². The number of aromatic hydroxyl groups is 1. The van der Waals surface area contributed by atoms with Crippen molar-refractivity contribution in [3.05, 3.63) is 45.3 Å². The number of rotatable bonds is 10. The number of oxime groups is 1. The van der Waals surface area contributed by atoms with Crippen LogP contribution in [0.4, 0.5) is 5.13 Å². The topological polar surface area (TPSA) is 271 Å². The van der Waals surface area contributed by atoms with Gasteiger partial charge in [-0.25, -0.2) is 9.59 Å². The number of pyridine rings is 1. The first kappa shape index (κ1) is 32.4. The number of aliphatic carboxylic acids is 2. The van der Waals surface area contributed by atoms with Crippen LogP contribution in [0.2, 0.25) is 0 Å². The molecule has 1 unspecified atom stereocenters. The molecule has 19 nitrogen and oxygen atoms in total. The molecule has 244 valence electrons. The molecule has 0 radical (unpaired) electrons. The van der Waals surface area contributed by atoms with Crippen LogP contribution in [0.1, 0.15) is 16.3 Å². The maximum absolute atomic E-state index is 13.2. The van der Waals surface area contributed by atoms with Gasteiger partial charge in [0.1, 0.15) is 29.4 Å². The number of nitrogens with one attached hydrogen (secondary N) is 2. The fourth-order valence-corrected chi connectivity index (χ4v) is 6.98. The average Bonchev–Trinajstić information content (AvgIpc) is 3.44. The average molecular weight is 679 g/mol. The lowest BCUT2D eigenvalue weighted by atomic mass is 10.0. The van der Waals surface area contributed by atoms with E-state index in [9.17, 15) is 39.0 Å². The number of piperazine rings is 1. The molecule has 3 amide bonds. The highest BCUT2D eigenvalue weighted by molar-refractivity contribution is 8.00. The Morgan fingerprint density at radius 3 is 2.57 bits per heavy atom. The predicted molar refractivity (Wildman–Crippen MR) is 160 cm³/mol. The summed E-state index contributed by atoms with van der Waals surface area (Å²) in [5.74, 6) is -5.16. The molecule has 0 aromatic carbocycles. The van der Waals surface area contributed by atoms with Crippen molar-refractivity contribution in [3.63, 3.8) is 0 Å². The van der Waals surface area contributed by atoms with E-state index < -0.39 is 64.6 Å². The number of hydrogen-bond acceptors (Lipinski definition) is 14. The highest BCUT2D eigenvalue weighted by Crippen LogP contribution is 2.41. The van der Waals surface area contributed by atoms with Gasteiger partial charge in [0, 0.05) is 35.1 Å². The molecule has 5 rings (SSSR count). The number of likely N-dealkylation sites (N-methyl/N-ethyl adjacent to an activating group) is 1. The predicted octanol–water partition coefficient (Wildman–Crippen LogP) is -2.34. The highest BCUT2D eigenvalue weighted by Gasteiger charge is 2.55. The normalized spacial score (nSPS) is 20.9. The fourth-order valence-electron chi connectivity index (χ4n) is 5.21. The Labute approximate surface area is 267 Å².